The van der Waals surface area contributed by atoms with Crippen molar-refractivity contribution < 1.29 is 4.79 Å². The summed E-state index contributed by atoms with van der Waals surface area (Å²) < 4.78 is 0. The number of nitrogens with one attached hydrogen (secondary N) is 2. The molecule has 1 aliphatic carbocycles. The fourth-order valence-electron chi connectivity index (χ4n) is 4.11. The summed E-state index contributed by atoms with van der Waals surface area (Å²) >= 11 is 0. The van der Waals surface area contributed by atoms with Crippen molar-refractivity contribution in [2.24, 2.45) is 0 Å². The van der Waals surface area contributed by atoms with Crippen molar-refractivity contribution in [3.63, 3.8) is 0 Å². The fourth-order valence-corrected chi connectivity index (χ4v) is 4.11. The molecule has 2 N–H and O–H groups in total. The van der Waals surface area contributed by atoms with Gasteiger partial charge in [-0.25, -0.2) is 5.10 Å². The number of nitrogens with zero attached hydrogens (tertiary/aromatic N) is 1. The monoisotopic (exact) mass is 417 g/mol. The van der Waals surface area contributed by atoms with E-state index in [0.29, 0.717) is 6.04 Å². The van der Waals surface area contributed by atoms with Gasteiger partial charge in [-0.05, 0) is 59.6 Å². The van der Waals surface area contributed by atoms with Crippen LogP contribution in [-0.2, 0) is 30.6 Å². The van der Waals surface area contributed by atoms with E-state index in [2.05, 4.69) is 77.9 Å². The molecule has 2 aromatic carbocycles. The van der Waals surface area contributed by atoms with E-state index in [0.717, 1.165) is 49.9 Å². The van der Waals surface area contributed by atoms with Gasteiger partial charge in [0.05, 0.1) is 5.69 Å². The molecule has 0 saturated heterocycles. The summed E-state index contributed by atoms with van der Waals surface area (Å²) in [5.41, 5.74) is 8.09. The van der Waals surface area contributed by atoms with Crippen LogP contribution < -0.4 is 10.9 Å². The number of fused-ring (bicyclic) bond motifs is 1. The molecule has 0 radical (unpaired) electrons. The number of benzene rings is 2. The van der Waals surface area contributed by atoms with Crippen LogP contribution in [0.4, 0.5) is 0 Å². The summed E-state index contributed by atoms with van der Waals surface area (Å²) in [5.74, 6) is 0. The number of aromatic amines is 1. The minimum absolute atomic E-state index is 0.0102. The predicted molar refractivity (Wildman–Crippen MR) is 125 cm³/mol. The van der Waals surface area contributed by atoms with Crippen LogP contribution >= 0.6 is 0 Å². The van der Waals surface area contributed by atoms with Crippen LogP contribution in [-0.4, -0.2) is 23.0 Å². The molecule has 0 amide bonds. The van der Waals surface area contributed by atoms with E-state index in [-0.39, 0.29) is 5.56 Å². The number of rotatable bonds is 6. The zero-order valence-corrected chi connectivity index (χ0v) is 18.4. The molecule has 0 fully saturated rings. The molecule has 0 atom stereocenters. The van der Waals surface area contributed by atoms with Crippen molar-refractivity contribution in [3.05, 3.63) is 86.8 Å². The van der Waals surface area contributed by atoms with Crippen LogP contribution in [0, 0.1) is 0 Å². The Hall–Kier alpha value is -3.05. The Labute approximate surface area is 183 Å². The molecule has 0 saturated carbocycles. The molecule has 0 bridgehead atoms. The van der Waals surface area contributed by atoms with E-state index >= 15 is 0 Å². The molecule has 31 heavy (non-hydrogen) atoms. The van der Waals surface area contributed by atoms with Gasteiger partial charge in [-0.1, -0.05) is 56.3 Å². The minimum atomic E-state index is -0.0102. The highest BCUT2D eigenvalue weighted by Gasteiger charge is 2.18. The summed E-state index contributed by atoms with van der Waals surface area (Å²) in [4.78, 5) is 20.1. The van der Waals surface area contributed by atoms with Crippen LogP contribution in [0.15, 0.2) is 53.3 Å². The van der Waals surface area contributed by atoms with Crippen LogP contribution in [0.25, 0.3) is 11.1 Å². The molecule has 0 spiro atoms. The van der Waals surface area contributed by atoms with Gasteiger partial charge in [-0.15, -0.1) is 0 Å². The lowest BCUT2D eigenvalue weighted by molar-refractivity contribution is -0.0979. The first-order valence-corrected chi connectivity index (χ1v) is 10.9. The van der Waals surface area contributed by atoms with E-state index in [9.17, 15) is 4.79 Å². The van der Waals surface area contributed by atoms with Gasteiger partial charge in [0.2, 0.25) is 0 Å². The van der Waals surface area contributed by atoms with Gasteiger partial charge < -0.3 is 10.1 Å². The highest BCUT2D eigenvalue weighted by atomic mass is 16.1. The summed E-state index contributed by atoms with van der Waals surface area (Å²) in [5, 5.41) is 10.6. The standard InChI is InChI=1S/C25H29N3O.CH2O/c1-17(2)26-16-19-8-6-10-21(14-19)20-9-5-7-18(13-20)15-24-22-11-3-4-12-23(22)25(29)28-27-24;1-2/h5-10,13-14,17,26H,3-4,11-12,15-16H2,1-2H3,(H,28,29);1H2. The van der Waals surface area contributed by atoms with Crippen molar-refractivity contribution in [2.75, 3.05) is 0 Å². The molecule has 4 rings (SSSR count). The lowest BCUT2D eigenvalue weighted by atomic mass is 9.90. The Morgan fingerprint density at radius 1 is 0.968 bits per heavy atom. The summed E-state index contributed by atoms with van der Waals surface area (Å²) in [6.45, 7) is 7.20. The van der Waals surface area contributed by atoms with Crippen LogP contribution in [0.1, 0.15) is 54.6 Å². The lowest BCUT2D eigenvalue weighted by Crippen LogP contribution is -2.23. The van der Waals surface area contributed by atoms with Crippen molar-refractivity contribution in [1.82, 2.24) is 15.5 Å². The molecule has 1 aliphatic rings. The topological polar surface area (TPSA) is 74.8 Å². The van der Waals surface area contributed by atoms with Gasteiger partial charge in [-0.3, -0.25) is 4.79 Å². The number of carbonyl (C=O) groups is 1. The van der Waals surface area contributed by atoms with Gasteiger partial charge in [-0.2, -0.15) is 5.10 Å². The van der Waals surface area contributed by atoms with Gasteiger partial charge in [0.15, 0.2) is 0 Å². The largest absolute Gasteiger partial charge is 0.310 e. The van der Waals surface area contributed by atoms with Crippen molar-refractivity contribution in [3.8, 4) is 11.1 Å². The maximum absolute atomic E-state index is 12.1. The highest BCUT2D eigenvalue weighted by molar-refractivity contribution is 5.65. The third kappa shape index (κ3) is 5.76. The van der Waals surface area contributed by atoms with E-state index in [1.807, 2.05) is 6.79 Å². The fraction of sp³-hybridized carbons (Fsp3) is 0.346. The molecule has 5 heteroatoms. The second-order valence-corrected chi connectivity index (χ2v) is 8.28. The Balaban J connectivity index is 0.00000132. The third-order valence-corrected chi connectivity index (χ3v) is 5.66. The van der Waals surface area contributed by atoms with Crippen LogP contribution in [0.5, 0.6) is 0 Å². The first-order chi connectivity index (χ1) is 15.1. The SMILES string of the molecule is C=O.CC(C)NCc1cccc(-c2cccc(Cc3n[nH]c(=O)c4c3CCCC4)c2)c1. The minimum Gasteiger partial charge on any atom is -0.310 e. The number of carbonyl (C=O) groups excluding carboxylic acids is 1. The van der Waals surface area contributed by atoms with E-state index < -0.39 is 0 Å². The number of hydrogen-bond acceptors (Lipinski definition) is 4. The summed E-state index contributed by atoms with van der Waals surface area (Å²) in [7, 11) is 0. The first kappa shape index (κ1) is 22.6. The number of hydrogen-bond donors (Lipinski definition) is 2. The Bertz CT molecular complexity index is 1070. The van der Waals surface area contributed by atoms with E-state index in [4.69, 9.17) is 4.79 Å². The Morgan fingerprint density at radius 3 is 2.26 bits per heavy atom. The van der Waals surface area contributed by atoms with Gasteiger partial charge >= 0.3 is 0 Å². The van der Waals surface area contributed by atoms with Crippen LogP contribution in [0.3, 0.4) is 0 Å². The lowest BCUT2D eigenvalue weighted by Gasteiger charge is -2.17. The summed E-state index contributed by atoms with van der Waals surface area (Å²) in [6, 6.07) is 17.9. The van der Waals surface area contributed by atoms with Crippen LogP contribution in [0.2, 0.25) is 0 Å². The second kappa shape index (κ2) is 10.8. The zero-order valence-electron chi connectivity index (χ0n) is 18.4. The smallest absolute Gasteiger partial charge is 0.267 e. The normalized spacial score (nSPS) is 12.7. The maximum atomic E-state index is 12.1. The third-order valence-electron chi connectivity index (χ3n) is 5.66. The molecule has 0 aliphatic heterocycles. The molecular formula is C26H31N3O2. The predicted octanol–water partition coefficient (Wildman–Crippen LogP) is 4.22. The second-order valence-electron chi connectivity index (χ2n) is 8.28. The average molecular weight is 418 g/mol. The average Bonchev–Trinajstić information content (AvgIpc) is 2.81. The quantitative estimate of drug-likeness (QED) is 0.630. The molecule has 1 heterocycles. The molecule has 3 aromatic rings. The van der Waals surface area contributed by atoms with Crippen molar-refractivity contribution in [1.29, 1.82) is 0 Å². The Kier molecular flexibility index (Phi) is 7.90. The number of aromatic nitrogens is 2. The van der Waals surface area contributed by atoms with Gasteiger partial charge in [0.1, 0.15) is 6.79 Å². The molecule has 1 aromatic heterocycles. The molecular weight excluding hydrogens is 386 g/mol. The molecule has 0 unspecified atom stereocenters. The van der Waals surface area contributed by atoms with E-state index in [1.54, 1.807) is 0 Å². The van der Waals surface area contributed by atoms with Gasteiger partial charge in [0.25, 0.3) is 5.56 Å². The first-order valence-electron chi connectivity index (χ1n) is 10.9. The van der Waals surface area contributed by atoms with E-state index in [1.165, 1.54) is 27.8 Å². The molecule has 5 nitrogen and oxygen atoms in total. The molecule has 162 valence electrons. The highest BCUT2D eigenvalue weighted by Crippen LogP contribution is 2.25. The number of H-pyrrole nitrogens is 1. The van der Waals surface area contributed by atoms with Crippen molar-refractivity contribution >= 4 is 6.79 Å². The van der Waals surface area contributed by atoms with Gasteiger partial charge in [0, 0.05) is 24.6 Å². The van der Waals surface area contributed by atoms with Crippen molar-refractivity contribution in [2.45, 2.75) is 58.5 Å². The maximum Gasteiger partial charge on any atom is 0.267 e. The zero-order chi connectivity index (χ0) is 22.2. The summed E-state index contributed by atoms with van der Waals surface area (Å²) in [6.07, 6.45) is 4.82. The Morgan fingerprint density at radius 2 is 1.58 bits per heavy atom.